The number of hydrogen-bond donors (Lipinski definition) is 0. The number of nitrogens with zero attached hydrogens (tertiary/aromatic N) is 4. The van der Waals surface area contributed by atoms with Crippen molar-refractivity contribution in [2.45, 2.75) is 64.1 Å². The molecule has 0 aromatic heterocycles. The van der Waals surface area contributed by atoms with Crippen molar-refractivity contribution in [3.05, 3.63) is 99.0 Å². The summed E-state index contributed by atoms with van der Waals surface area (Å²) < 4.78 is 6.24. The first-order valence-corrected chi connectivity index (χ1v) is 15.8. The molecule has 1 saturated heterocycles. The molecule has 0 saturated carbocycles. The number of likely N-dealkylation sites (tertiary alicyclic amines) is 1. The molecule has 44 heavy (non-hydrogen) atoms. The van der Waals surface area contributed by atoms with Crippen molar-refractivity contribution in [1.82, 2.24) is 14.7 Å². The van der Waals surface area contributed by atoms with Gasteiger partial charge in [-0.2, -0.15) is 0 Å². The predicted octanol–water partition coefficient (Wildman–Crippen LogP) is 8.80. The molecule has 0 radical (unpaired) electrons. The SMILES string of the molecule is CCOc1cc(C(C)(C)C)ccc1C1=NC(c2ccc(Cl)cc2)C(c2ccc(Cl)cc2)N1C(=O)N1CCC(N(C)C)CC1.Cl. The van der Waals surface area contributed by atoms with Crippen molar-refractivity contribution in [2.24, 2.45) is 4.99 Å². The van der Waals surface area contributed by atoms with Gasteiger partial charge in [0.05, 0.1) is 18.2 Å². The summed E-state index contributed by atoms with van der Waals surface area (Å²) in [5.41, 5.74) is 3.84. The van der Waals surface area contributed by atoms with E-state index in [0.717, 1.165) is 40.8 Å². The maximum Gasteiger partial charge on any atom is 0.326 e. The van der Waals surface area contributed by atoms with E-state index in [-0.39, 0.29) is 35.9 Å². The minimum absolute atomic E-state index is 0. The van der Waals surface area contributed by atoms with Crippen LogP contribution in [0, 0.1) is 0 Å². The van der Waals surface area contributed by atoms with Crippen molar-refractivity contribution in [3.8, 4) is 5.75 Å². The second-order valence-corrected chi connectivity index (χ2v) is 13.5. The van der Waals surface area contributed by atoms with Gasteiger partial charge >= 0.3 is 6.03 Å². The third-order valence-corrected chi connectivity index (χ3v) is 9.05. The number of aliphatic imine (C=N–C) groups is 1. The van der Waals surface area contributed by atoms with Gasteiger partial charge in [0.1, 0.15) is 17.6 Å². The molecule has 3 aromatic rings. The van der Waals surface area contributed by atoms with Crippen LogP contribution in [0.1, 0.15) is 74.9 Å². The van der Waals surface area contributed by atoms with Crippen LogP contribution >= 0.6 is 35.6 Å². The summed E-state index contributed by atoms with van der Waals surface area (Å²) in [4.78, 5) is 26.2. The lowest BCUT2D eigenvalue weighted by atomic mass is 9.86. The number of urea groups is 1. The van der Waals surface area contributed by atoms with E-state index in [1.807, 2.05) is 65.3 Å². The van der Waals surface area contributed by atoms with E-state index in [0.29, 0.717) is 41.6 Å². The molecule has 5 rings (SSSR count). The Morgan fingerprint density at radius 1 is 0.932 bits per heavy atom. The highest BCUT2D eigenvalue weighted by Gasteiger charge is 2.45. The maximum absolute atomic E-state index is 14.7. The van der Waals surface area contributed by atoms with Gasteiger partial charge in [0.15, 0.2) is 0 Å². The standard InChI is InChI=1S/C35H42Cl2N4O2.ClH/c1-7-43-30-22-25(35(2,3)4)12-17-29(30)33-38-31(23-8-13-26(36)14-9-23)32(24-10-15-27(37)16-11-24)41(33)34(42)40-20-18-28(19-21-40)39(5)6;/h8-17,22,28,31-32H,7,18-21H2,1-6H3;1H. The topological polar surface area (TPSA) is 48.4 Å². The highest BCUT2D eigenvalue weighted by atomic mass is 35.5. The molecule has 3 aromatic carbocycles. The Balaban J connectivity index is 0.00000442. The lowest BCUT2D eigenvalue weighted by Crippen LogP contribution is -2.51. The van der Waals surface area contributed by atoms with Crippen molar-refractivity contribution in [1.29, 1.82) is 0 Å². The van der Waals surface area contributed by atoms with Crippen LogP contribution < -0.4 is 4.74 Å². The van der Waals surface area contributed by atoms with E-state index in [1.165, 1.54) is 0 Å². The number of piperidine rings is 1. The molecule has 0 bridgehead atoms. The molecular weight excluding hydrogens is 615 g/mol. The van der Waals surface area contributed by atoms with Gasteiger partial charge in [-0.1, -0.05) is 74.3 Å². The maximum atomic E-state index is 14.7. The molecule has 2 heterocycles. The minimum atomic E-state index is -0.385. The summed E-state index contributed by atoms with van der Waals surface area (Å²) in [7, 11) is 4.22. The Bertz CT molecular complexity index is 1460. The van der Waals surface area contributed by atoms with Gasteiger partial charge in [0, 0.05) is 29.2 Å². The first-order valence-electron chi connectivity index (χ1n) is 15.1. The molecule has 2 amide bonds. The van der Waals surface area contributed by atoms with E-state index in [4.69, 9.17) is 32.9 Å². The number of amidine groups is 1. The van der Waals surface area contributed by atoms with Crippen LogP contribution in [-0.4, -0.2) is 66.4 Å². The molecule has 2 aliphatic rings. The average molecular weight is 658 g/mol. The average Bonchev–Trinajstić information content (AvgIpc) is 3.37. The number of ether oxygens (including phenoxy) is 1. The summed E-state index contributed by atoms with van der Waals surface area (Å²) >= 11 is 12.6. The third kappa shape index (κ3) is 7.20. The van der Waals surface area contributed by atoms with Crippen molar-refractivity contribution < 1.29 is 9.53 Å². The quantitative estimate of drug-likeness (QED) is 0.266. The van der Waals surface area contributed by atoms with Crippen LogP contribution in [0.5, 0.6) is 5.75 Å². The molecule has 1 fully saturated rings. The minimum Gasteiger partial charge on any atom is -0.493 e. The number of carbonyl (C=O) groups is 1. The number of benzene rings is 3. The van der Waals surface area contributed by atoms with Crippen LogP contribution in [-0.2, 0) is 5.41 Å². The first-order chi connectivity index (χ1) is 20.5. The number of hydrogen-bond acceptors (Lipinski definition) is 4. The number of rotatable bonds is 6. The third-order valence-electron chi connectivity index (χ3n) is 8.55. The van der Waals surface area contributed by atoms with E-state index in [9.17, 15) is 4.79 Å². The molecule has 2 aliphatic heterocycles. The fourth-order valence-corrected chi connectivity index (χ4v) is 6.28. The van der Waals surface area contributed by atoms with Crippen molar-refractivity contribution >= 4 is 47.5 Å². The number of halogens is 3. The highest BCUT2D eigenvalue weighted by Crippen LogP contribution is 2.46. The molecule has 0 aliphatic carbocycles. The Morgan fingerprint density at radius 2 is 1.50 bits per heavy atom. The summed E-state index contributed by atoms with van der Waals surface area (Å²) in [6, 6.07) is 21.5. The fraction of sp³-hybridized carbons (Fsp3) is 0.429. The molecule has 0 spiro atoms. The molecule has 2 atom stereocenters. The predicted molar refractivity (Wildman–Crippen MR) is 184 cm³/mol. The smallest absolute Gasteiger partial charge is 0.326 e. The summed E-state index contributed by atoms with van der Waals surface area (Å²) in [6.45, 7) is 10.4. The largest absolute Gasteiger partial charge is 0.493 e. The monoisotopic (exact) mass is 656 g/mol. The Kier molecular flexibility index (Phi) is 10.9. The summed E-state index contributed by atoms with van der Waals surface area (Å²) in [5.74, 6) is 1.34. The zero-order valence-corrected chi connectivity index (χ0v) is 28.7. The van der Waals surface area contributed by atoms with Gasteiger partial charge in [-0.05, 0) is 92.4 Å². The Hall–Kier alpha value is -2.77. The van der Waals surface area contributed by atoms with Crippen LogP contribution in [0.15, 0.2) is 71.7 Å². The van der Waals surface area contributed by atoms with Crippen molar-refractivity contribution in [3.63, 3.8) is 0 Å². The molecule has 0 N–H and O–H groups in total. The summed E-state index contributed by atoms with van der Waals surface area (Å²) in [5, 5.41) is 1.30. The molecular formula is C35H43Cl3N4O2. The van der Waals surface area contributed by atoms with Gasteiger partial charge in [0.2, 0.25) is 0 Å². The molecule has 9 heteroatoms. The number of amides is 2. The van der Waals surface area contributed by atoms with Crippen LogP contribution in [0.3, 0.4) is 0 Å². The van der Waals surface area contributed by atoms with E-state index < -0.39 is 0 Å². The van der Waals surface area contributed by atoms with Gasteiger partial charge < -0.3 is 14.5 Å². The zero-order valence-electron chi connectivity index (χ0n) is 26.4. The highest BCUT2D eigenvalue weighted by molar-refractivity contribution is 6.30. The van der Waals surface area contributed by atoms with Gasteiger partial charge in [-0.15, -0.1) is 12.4 Å². The van der Waals surface area contributed by atoms with Gasteiger partial charge in [-0.25, -0.2) is 4.79 Å². The number of carbonyl (C=O) groups excluding carboxylic acids is 1. The lowest BCUT2D eigenvalue weighted by Gasteiger charge is -2.39. The Morgan fingerprint density at radius 3 is 2.02 bits per heavy atom. The molecule has 6 nitrogen and oxygen atoms in total. The van der Waals surface area contributed by atoms with Gasteiger partial charge in [0.25, 0.3) is 0 Å². The van der Waals surface area contributed by atoms with Gasteiger partial charge in [-0.3, -0.25) is 9.89 Å². The van der Waals surface area contributed by atoms with Crippen molar-refractivity contribution in [2.75, 3.05) is 33.8 Å². The van der Waals surface area contributed by atoms with E-state index in [2.05, 4.69) is 58.0 Å². The van der Waals surface area contributed by atoms with E-state index in [1.54, 1.807) is 0 Å². The zero-order chi connectivity index (χ0) is 30.9. The fourth-order valence-electron chi connectivity index (χ4n) is 6.03. The first kappa shape index (κ1) is 34.1. The second-order valence-electron chi connectivity index (χ2n) is 12.7. The second kappa shape index (κ2) is 14.1. The lowest BCUT2D eigenvalue weighted by molar-refractivity contribution is 0.127. The normalized spacial score (nSPS) is 19.2. The van der Waals surface area contributed by atoms with Crippen LogP contribution in [0.4, 0.5) is 4.79 Å². The van der Waals surface area contributed by atoms with Crippen LogP contribution in [0.2, 0.25) is 10.0 Å². The summed E-state index contributed by atoms with van der Waals surface area (Å²) in [6.07, 6.45) is 1.85. The molecule has 236 valence electrons. The Labute approximate surface area is 278 Å². The molecule has 2 unspecified atom stereocenters. The van der Waals surface area contributed by atoms with E-state index >= 15 is 0 Å². The van der Waals surface area contributed by atoms with Crippen LogP contribution in [0.25, 0.3) is 0 Å².